The van der Waals surface area contributed by atoms with Gasteiger partial charge in [0.15, 0.2) is 0 Å². The molecule has 0 aliphatic rings. The number of hydrogen-bond acceptors (Lipinski definition) is 2. The first kappa shape index (κ1) is 13.2. The molecule has 0 spiro atoms. The molecule has 1 aromatic rings. The predicted octanol–water partition coefficient (Wildman–Crippen LogP) is 0.898. The molecule has 2 N–H and O–H groups in total. The third kappa shape index (κ3) is 3.06. The van der Waals surface area contributed by atoms with Crippen LogP contribution in [-0.2, 0) is 9.59 Å². The largest absolute Gasteiger partial charge is 0.359 e. The first-order valence-corrected chi connectivity index (χ1v) is 5.60. The minimum absolute atomic E-state index is 0.137. The lowest BCUT2D eigenvalue weighted by Gasteiger charge is -2.21. The van der Waals surface area contributed by atoms with Gasteiger partial charge in [0, 0.05) is 14.1 Å². The number of likely N-dealkylation sites (N-methyl/N-ethyl adjacent to an activating group) is 1. The monoisotopic (exact) mass is 234 g/mol. The molecule has 0 bridgehead atoms. The lowest BCUT2D eigenvalue weighted by Crippen LogP contribution is -2.37. The van der Waals surface area contributed by atoms with Crippen LogP contribution >= 0.6 is 0 Å². The van der Waals surface area contributed by atoms with Gasteiger partial charge in [-0.15, -0.1) is 0 Å². The highest BCUT2D eigenvalue weighted by atomic mass is 16.2. The Morgan fingerprint density at radius 3 is 2.00 bits per heavy atom. The molecule has 2 atom stereocenters. The van der Waals surface area contributed by atoms with Crippen molar-refractivity contribution in [3.8, 4) is 0 Å². The molecule has 0 heterocycles. The molecule has 92 valence electrons. The minimum Gasteiger partial charge on any atom is -0.359 e. The Morgan fingerprint density at radius 2 is 1.53 bits per heavy atom. The van der Waals surface area contributed by atoms with Gasteiger partial charge in [-0.1, -0.05) is 37.3 Å². The summed E-state index contributed by atoms with van der Waals surface area (Å²) in [7, 11) is 3.15. The van der Waals surface area contributed by atoms with Crippen LogP contribution in [0.5, 0.6) is 0 Å². The molecule has 2 amide bonds. The summed E-state index contributed by atoms with van der Waals surface area (Å²) in [5.74, 6) is -1.14. The second kappa shape index (κ2) is 6.03. The zero-order valence-corrected chi connectivity index (χ0v) is 10.4. The fourth-order valence-electron chi connectivity index (χ4n) is 1.86. The van der Waals surface area contributed by atoms with Gasteiger partial charge in [0.05, 0.1) is 11.8 Å². The normalized spacial score (nSPS) is 13.6. The minimum atomic E-state index is -0.457. The molecular formula is C13H18N2O2. The Labute approximate surface area is 101 Å². The summed E-state index contributed by atoms with van der Waals surface area (Å²) in [6.07, 6.45) is 0. The molecule has 1 rings (SSSR count). The number of hydrogen-bond donors (Lipinski definition) is 2. The second-order valence-corrected chi connectivity index (χ2v) is 3.91. The summed E-state index contributed by atoms with van der Waals surface area (Å²) in [5, 5.41) is 5.18. The van der Waals surface area contributed by atoms with E-state index in [-0.39, 0.29) is 11.8 Å². The quantitative estimate of drug-likeness (QED) is 0.813. The van der Waals surface area contributed by atoms with Crippen LogP contribution in [0.15, 0.2) is 30.3 Å². The number of nitrogens with one attached hydrogen (secondary N) is 2. The molecule has 17 heavy (non-hydrogen) atoms. The van der Waals surface area contributed by atoms with E-state index in [9.17, 15) is 9.59 Å². The average Bonchev–Trinajstić information content (AvgIpc) is 2.38. The fourth-order valence-corrected chi connectivity index (χ4v) is 1.86. The van der Waals surface area contributed by atoms with Gasteiger partial charge < -0.3 is 10.6 Å². The van der Waals surface area contributed by atoms with Gasteiger partial charge in [-0.05, 0) is 5.56 Å². The zero-order valence-electron chi connectivity index (χ0n) is 10.4. The van der Waals surface area contributed by atoms with Gasteiger partial charge in [0.2, 0.25) is 11.8 Å². The van der Waals surface area contributed by atoms with Gasteiger partial charge in [-0.25, -0.2) is 0 Å². The summed E-state index contributed by atoms with van der Waals surface area (Å²) in [6.45, 7) is 1.76. The summed E-state index contributed by atoms with van der Waals surface area (Å²) in [4.78, 5) is 23.5. The van der Waals surface area contributed by atoms with E-state index >= 15 is 0 Å². The lowest BCUT2D eigenvalue weighted by atomic mass is 9.86. The van der Waals surface area contributed by atoms with Crippen molar-refractivity contribution in [2.75, 3.05) is 14.1 Å². The highest BCUT2D eigenvalue weighted by Gasteiger charge is 2.30. The standard InChI is InChI=1S/C13H18N2O2/c1-9(12(16)14-2)11(13(17)15-3)10-7-5-4-6-8-10/h4-9,11H,1-3H3,(H,14,16)(H,15,17)/t9-,11+/m1/s1. The molecule has 0 unspecified atom stereocenters. The van der Waals surface area contributed by atoms with Crippen molar-refractivity contribution in [2.45, 2.75) is 12.8 Å². The van der Waals surface area contributed by atoms with E-state index < -0.39 is 11.8 Å². The number of benzene rings is 1. The molecule has 0 radical (unpaired) electrons. The van der Waals surface area contributed by atoms with Gasteiger partial charge in [-0.3, -0.25) is 9.59 Å². The smallest absolute Gasteiger partial charge is 0.228 e. The molecular weight excluding hydrogens is 216 g/mol. The zero-order chi connectivity index (χ0) is 12.8. The molecule has 0 aliphatic heterocycles. The molecule has 0 saturated carbocycles. The number of carbonyl (C=O) groups is 2. The van der Waals surface area contributed by atoms with E-state index in [0.29, 0.717) is 0 Å². The van der Waals surface area contributed by atoms with Crippen LogP contribution in [0.25, 0.3) is 0 Å². The third-order valence-electron chi connectivity index (χ3n) is 2.85. The number of amides is 2. The van der Waals surface area contributed by atoms with Gasteiger partial charge >= 0.3 is 0 Å². The Kier molecular flexibility index (Phi) is 4.69. The average molecular weight is 234 g/mol. The topological polar surface area (TPSA) is 58.2 Å². The lowest BCUT2D eigenvalue weighted by molar-refractivity contribution is -0.130. The summed E-state index contributed by atoms with van der Waals surface area (Å²) >= 11 is 0. The Bertz CT molecular complexity index is 390. The molecule has 0 aliphatic carbocycles. The van der Waals surface area contributed by atoms with Crippen LogP contribution in [0, 0.1) is 5.92 Å². The van der Waals surface area contributed by atoms with Crippen LogP contribution < -0.4 is 10.6 Å². The van der Waals surface area contributed by atoms with Crippen molar-refractivity contribution >= 4 is 11.8 Å². The van der Waals surface area contributed by atoms with Crippen LogP contribution in [0.4, 0.5) is 0 Å². The Hall–Kier alpha value is -1.84. The van der Waals surface area contributed by atoms with Crippen molar-refractivity contribution in [2.24, 2.45) is 5.92 Å². The van der Waals surface area contributed by atoms with Crippen LogP contribution in [0.2, 0.25) is 0 Å². The Morgan fingerprint density at radius 1 is 1.00 bits per heavy atom. The maximum absolute atomic E-state index is 11.9. The highest BCUT2D eigenvalue weighted by molar-refractivity contribution is 5.90. The van der Waals surface area contributed by atoms with Gasteiger partial charge in [0.25, 0.3) is 0 Å². The number of carbonyl (C=O) groups excluding carboxylic acids is 2. The van der Waals surface area contributed by atoms with Crippen molar-refractivity contribution < 1.29 is 9.59 Å². The summed E-state index contributed by atoms with van der Waals surface area (Å²) in [5.41, 5.74) is 0.850. The van der Waals surface area contributed by atoms with E-state index in [1.54, 1.807) is 21.0 Å². The fraction of sp³-hybridized carbons (Fsp3) is 0.385. The molecule has 4 nitrogen and oxygen atoms in total. The summed E-state index contributed by atoms with van der Waals surface area (Å²) in [6, 6.07) is 9.33. The molecule has 1 aromatic carbocycles. The van der Waals surface area contributed by atoms with Crippen molar-refractivity contribution in [1.29, 1.82) is 0 Å². The van der Waals surface area contributed by atoms with Crippen LogP contribution in [0.1, 0.15) is 18.4 Å². The Balaban J connectivity index is 3.05. The number of rotatable bonds is 4. The summed E-state index contributed by atoms with van der Waals surface area (Å²) < 4.78 is 0. The highest BCUT2D eigenvalue weighted by Crippen LogP contribution is 2.24. The first-order chi connectivity index (χ1) is 8.11. The van der Waals surface area contributed by atoms with Crippen molar-refractivity contribution in [3.63, 3.8) is 0 Å². The third-order valence-corrected chi connectivity index (χ3v) is 2.85. The van der Waals surface area contributed by atoms with Crippen molar-refractivity contribution in [1.82, 2.24) is 10.6 Å². The van der Waals surface area contributed by atoms with Crippen LogP contribution in [0.3, 0.4) is 0 Å². The van der Waals surface area contributed by atoms with E-state index in [2.05, 4.69) is 10.6 Å². The first-order valence-electron chi connectivity index (χ1n) is 5.60. The van der Waals surface area contributed by atoms with E-state index in [1.807, 2.05) is 30.3 Å². The second-order valence-electron chi connectivity index (χ2n) is 3.91. The maximum Gasteiger partial charge on any atom is 0.228 e. The molecule has 0 saturated heterocycles. The SMILES string of the molecule is CNC(=O)[C@H](c1ccccc1)[C@@H](C)C(=O)NC. The van der Waals surface area contributed by atoms with Crippen molar-refractivity contribution in [3.05, 3.63) is 35.9 Å². The molecule has 0 fully saturated rings. The van der Waals surface area contributed by atoms with E-state index in [0.717, 1.165) is 5.56 Å². The van der Waals surface area contributed by atoms with E-state index in [1.165, 1.54) is 0 Å². The van der Waals surface area contributed by atoms with Crippen LogP contribution in [-0.4, -0.2) is 25.9 Å². The van der Waals surface area contributed by atoms with E-state index in [4.69, 9.17) is 0 Å². The molecule has 0 aromatic heterocycles. The van der Waals surface area contributed by atoms with Gasteiger partial charge in [0.1, 0.15) is 0 Å². The van der Waals surface area contributed by atoms with Gasteiger partial charge in [-0.2, -0.15) is 0 Å². The maximum atomic E-state index is 11.9. The predicted molar refractivity (Wildman–Crippen MR) is 66.5 cm³/mol. The molecule has 4 heteroatoms.